The molecule has 3 nitrogen and oxygen atoms in total. The predicted molar refractivity (Wildman–Crippen MR) is 69.3 cm³/mol. The number of para-hydroxylation sites is 2. The minimum absolute atomic E-state index is 0.424. The Morgan fingerprint density at radius 2 is 1.88 bits per heavy atom. The third kappa shape index (κ3) is 3.20. The Balaban J connectivity index is 2.04. The number of benzene rings is 1. The number of rotatable bonds is 4. The van der Waals surface area contributed by atoms with Crippen LogP contribution in [0.1, 0.15) is 5.69 Å². The SMILES string of the molecule is COc1ccccc1OCc1ccc(Br)cn1. The van der Waals surface area contributed by atoms with Crippen LogP contribution in [0.15, 0.2) is 47.1 Å². The quantitative estimate of drug-likeness (QED) is 0.865. The zero-order valence-electron chi connectivity index (χ0n) is 9.39. The van der Waals surface area contributed by atoms with E-state index >= 15 is 0 Å². The summed E-state index contributed by atoms with van der Waals surface area (Å²) in [4.78, 5) is 4.24. The van der Waals surface area contributed by atoms with Crippen LogP contribution >= 0.6 is 15.9 Å². The number of hydrogen-bond acceptors (Lipinski definition) is 3. The van der Waals surface area contributed by atoms with Gasteiger partial charge < -0.3 is 9.47 Å². The molecule has 1 aromatic heterocycles. The Labute approximate surface area is 109 Å². The van der Waals surface area contributed by atoms with Gasteiger partial charge >= 0.3 is 0 Å². The monoisotopic (exact) mass is 293 g/mol. The van der Waals surface area contributed by atoms with Crippen molar-refractivity contribution in [3.63, 3.8) is 0 Å². The zero-order valence-corrected chi connectivity index (χ0v) is 11.0. The van der Waals surface area contributed by atoms with Gasteiger partial charge in [-0.05, 0) is 40.2 Å². The van der Waals surface area contributed by atoms with Gasteiger partial charge in [-0.15, -0.1) is 0 Å². The van der Waals surface area contributed by atoms with E-state index in [1.807, 2.05) is 36.4 Å². The first-order chi connectivity index (χ1) is 8.29. The molecule has 0 bridgehead atoms. The van der Waals surface area contributed by atoms with E-state index in [1.165, 1.54) is 0 Å². The smallest absolute Gasteiger partial charge is 0.161 e. The Morgan fingerprint density at radius 3 is 2.53 bits per heavy atom. The molecular formula is C13H12BrNO2. The maximum atomic E-state index is 5.65. The van der Waals surface area contributed by atoms with E-state index in [2.05, 4.69) is 20.9 Å². The summed E-state index contributed by atoms with van der Waals surface area (Å²) in [5.41, 5.74) is 0.874. The molecule has 17 heavy (non-hydrogen) atoms. The van der Waals surface area contributed by atoms with Crippen molar-refractivity contribution < 1.29 is 9.47 Å². The van der Waals surface area contributed by atoms with Crippen molar-refractivity contribution in [1.82, 2.24) is 4.98 Å². The summed E-state index contributed by atoms with van der Waals surface area (Å²) in [6.45, 7) is 0.424. The molecule has 0 spiro atoms. The van der Waals surface area contributed by atoms with Crippen LogP contribution in [0.3, 0.4) is 0 Å². The second-order valence-electron chi connectivity index (χ2n) is 3.41. The Morgan fingerprint density at radius 1 is 1.12 bits per heavy atom. The first-order valence-electron chi connectivity index (χ1n) is 5.16. The molecule has 0 saturated carbocycles. The molecule has 0 atom stereocenters. The number of aromatic nitrogens is 1. The van der Waals surface area contributed by atoms with Gasteiger partial charge in [0.05, 0.1) is 12.8 Å². The number of halogens is 1. The summed E-state index contributed by atoms with van der Waals surface area (Å²) in [7, 11) is 1.63. The molecule has 0 aliphatic carbocycles. The van der Waals surface area contributed by atoms with Gasteiger partial charge in [-0.3, -0.25) is 4.98 Å². The van der Waals surface area contributed by atoms with E-state index in [1.54, 1.807) is 13.3 Å². The fraction of sp³-hybridized carbons (Fsp3) is 0.154. The van der Waals surface area contributed by atoms with Crippen molar-refractivity contribution in [1.29, 1.82) is 0 Å². The minimum Gasteiger partial charge on any atom is -0.493 e. The molecule has 0 saturated heterocycles. The fourth-order valence-electron chi connectivity index (χ4n) is 1.38. The van der Waals surface area contributed by atoms with E-state index in [-0.39, 0.29) is 0 Å². The lowest BCUT2D eigenvalue weighted by Crippen LogP contribution is -1.99. The van der Waals surface area contributed by atoms with Crippen molar-refractivity contribution >= 4 is 15.9 Å². The second-order valence-corrected chi connectivity index (χ2v) is 4.32. The molecule has 88 valence electrons. The van der Waals surface area contributed by atoms with E-state index in [0.29, 0.717) is 6.61 Å². The van der Waals surface area contributed by atoms with Gasteiger partial charge in [0.1, 0.15) is 6.61 Å². The standard InChI is InChI=1S/C13H12BrNO2/c1-16-12-4-2-3-5-13(12)17-9-11-7-6-10(14)8-15-11/h2-8H,9H2,1H3. The molecule has 4 heteroatoms. The number of nitrogens with zero attached hydrogens (tertiary/aromatic N) is 1. The Kier molecular flexibility index (Phi) is 3.98. The van der Waals surface area contributed by atoms with Crippen LogP contribution in [0.5, 0.6) is 11.5 Å². The highest BCUT2D eigenvalue weighted by Gasteiger charge is 2.03. The molecule has 2 rings (SSSR count). The van der Waals surface area contributed by atoms with Gasteiger partial charge in [0.15, 0.2) is 11.5 Å². The summed E-state index contributed by atoms with van der Waals surface area (Å²) in [6.07, 6.45) is 1.75. The summed E-state index contributed by atoms with van der Waals surface area (Å²) in [5, 5.41) is 0. The highest BCUT2D eigenvalue weighted by atomic mass is 79.9. The Bertz CT molecular complexity index is 485. The van der Waals surface area contributed by atoms with E-state index in [4.69, 9.17) is 9.47 Å². The number of ether oxygens (including phenoxy) is 2. The third-order valence-corrected chi connectivity index (χ3v) is 2.70. The van der Waals surface area contributed by atoms with E-state index < -0.39 is 0 Å². The van der Waals surface area contributed by atoms with Crippen molar-refractivity contribution in [2.24, 2.45) is 0 Å². The topological polar surface area (TPSA) is 31.4 Å². The summed E-state index contributed by atoms with van der Waals surface area (Å²) in [6, 6.07) is 11.4. The lowest BCUT2D eigenvalue weighted by atomic mass is 10.3. The van der Waals surface area contributed by atoms with Gasteiger partial charge in [-0.1, -0.05) is 12.1 Å². The van der Waals surface area contributed by atoms with Crippen molar-refractivity contribution in [2.75, 3.05) is 7.11 Å². The molecule has 0 radical (unpaired) electrons. The van der Waals surface area contributed by atoms with Gasteiger partial charge in [-0.25, -0.2) is 0 Å². The van der Waals surface area contributed by atoms with Crippen LogP contribution in [0.25, 0.3) is 0 Å². The summed E-state index contributed by atoms with van der Waals surface area (Å²) >= 11 is 3.34. The summed E-state index contributed by atoms with van der Waals surface area (Å²) < 4.78 is 11.8. The highest BCUT2D eigenvalue weighted by molar-refractivity contribution is 9.10. The van der Waals surface area contributed by atoms with Crippen LogP contribution in [0.4, 0.5) is 0 Å². The zero-order chi connectivity index (χ0) is 12.1. The van der Waals surface area contributed by atoms with Gasteiger partial charge in [0.25, 0.3) is 0 Å². The van der Waals surface area contributed by atoms with Crippen molar-refractivity contribution in [2.45, 2.75) is 6.61 Å². The normalized spacial score (nSPS) is 10.0. The maximum absolute atomic E-state index is 5.65. The molecular weight excluding hydrogens is 282 g/mol. The number of hydrogen-bond donors (Lipinski definition) is 0. The first-order valence-corrected chi connectivity index (χ1v) is 5.95. The van der Waals surface area contributed by atoms with Gasteiger partial charge in [0, 0.05) is 10.7 Å². The number of methoxy groups -OCH3 is 1. The van der Waals surface area contributed by atoms with Crippen LogP contribution in [-0.4, -0.2) is 12.1 Å². The second kappa shape index (κ2) is 5.68. The molecule has 0 amide bonds. The average molecular weight is 294 g/mol. The molecule has 0 unspecified atom stereocenters. The molecule has 2 aromatic rings. The molecule has 1 heterocycles. The van der Waals surface area contributed by atoms with Crippen LogP contribution in [0, 0.1) is 0 Å². The van der Waals surface area contributed by atoms with Crippen molar-refractivity contribution in [3.05, 3.63) is 52.8 Å². The van der Waals surface area contributed by atoms with Crippen LogP contribution in [-0.2, 0) is 6.61 Å². The predicted octanol–water partition coefficient (Wildman–Crippen LogP) is 3.43. The minimum atomic E-state index is 0.424. The fourth-order valence-corrected chi connectivity index (χ4v) is 1.62. The van der Waals surface area contributed by atoms with E-state index in [0.717, 1.165) is 21.7 Å². The Hall–Kier alpha value is -1.55. The lowest BCUT2D eigenvalue weighted by Gasteiger charge is -2.09. The van der Waals surface area contributed by atoms with Crippen LogP contribution < -0.4 is 9.47 Å². The summed E-state index contributed by atoms with van der Waals surface area (Å²) in [5.74, 6) is 1.45. The van der Waals surface area contributed by atoms with Gasteiger partial charge in [0.2, 0.25) is 0 Å². The molecule has 1 aromatic carbocycles. The number of pyridine rings is 1. The average Bonchev–Trinajstić information content (AvgIpc) is 2.38. The van der Waals surface area contributed by atoms with E-state index in [9.17, 15) is 0 Å². The van der Waals surface area contributed by atoms with Gasteiger partial charge in [-0.2, -0.15) is 0 Å². The largest absolute Gasteiger partial charge is 0.493 e. The third-order valence-electron chi connectivity index (χ3n) is 2.23. The maximum Gasteiger partial charge on any atom is 0.161 e. The van der Waals surface area contributed by atoms with Crippen LogP contribution in [0.2, 0.25) is 0 Å². The first kappa shape index (κ1) is 11.9. The molecule has 0 fully saturated rings. The molecule has 0 N–H and O–H groups in total. The molecule has 0 aliphatic rings. The molecule has 0 aliphatic heterocycles. The highest BCUT2D eigenvalue weighted by Crippen LogP contribution is 2.26. The van der Waals surface area contributed by atoms with Crippen molar-refractivity contribution in [3.8, 4) is 11.5 Å². The lowest BCUT2D eigenvalue weighted by molar-refractivity contribution is 0.280.